The summed E-state index contributed by atoms with van der Waals surface area (Å²) in [6.45, 7) is 0. The van der Waals surface area contributed by atoms with Crippen LogP contribution in [0.2, 0.25) is 0 Å². The summed E-state index contributed by atoms with van der Waals surface area (Å²) in [6.07, 6.45) is 0. The predicted molar refractivity (Wildman–Crippen MR) is 215 cm³/mol. The van der Waals surface area contributed by atoms with Crippen LogP contribution in [0.1, 0.15) is 0 Å². The Bertz CT molecular complexity index is 2950. The number of benzene rings is 8. The van der Waals surface area contributed by atoms with E-state index in [1.807, 2.05) is 24.3 Å². The molecule has 244 valence electrons. The first-order valence-corrected chi connectivity index (χ1v) is 18.6. The summed E-state index contributed by atoms with van der Waals surface area (Å²) < 4.78 is 14.5. The van der Waals surface area contributed by atoms with Crippen LogP contribution in [0.4, 0.5) is 34.3 Å². The van der Waals surface area contributed by atoms with Crippen LogP contribution in [0.25, 0.3) is 54.7 Å². The van der Waals surface area contributed by atoms with Crippen molar-refractivity contribution in [1.82, 2.24) is 4.98 Å². The van der Waals surface area contributed by atoms with Crippen molar-refractivity contribution in [2.24, 2.45) is 0 Å². The fraction of sp³-hybridized carbons (Fsp3) is 0. The van der Waals surface area contributed by atoms with E-state index in [1.54, 1.807) is 0 Å². The molecule has 9 aromatic rings. The zero-order valence-corrected chi connectivity index (χ0v) is 28.7. The summed E-state index contributed by atoms with van der Waals surface area (Å²) in [5, 5.41) is 5.82. The molecular weight excluding hydrogens is 655 g/mol. The average molecular weight is 684 g/mol. The summed E-state index contributed by atoms with van der Waals surface area (Å²) in [4.78, 5) is 11.6. The van der Waals surface area contributed by atoms with Gasteiger partial charge < -0.3 is 4.90 Å². The Morgan fingerprint density at radius 1 is 0.442 bits per heavy atom. The van der Waals surface area contributed by atoms with Crippen molar-refractivity contribution in [3.05, 3.63) is 176 Å². The highest BCUT2D eigenvalue weighted by atomic mass is 32.2. The third-order valence-electron chi connectivity index (χ3n) is 10.5. The third-order valence-corrected chi connectivity index (χ3v) is 12.0. The van der Waals surface area contributed by atoms with Crippen molar-refractivity contribution in [3.63, 3.8) is 0 Å². The zero-order valence-electron chi connectivity index (χ0n) is 27.9. The minimum atomic E-state index is -1.38. The van der Waals surface area contributed by atoms with Crippen molar-refractivity contribution in [1.29, 1.82) is 0 Å². The summed E-state index contributed by atoms with van der Waals surface area (Å²) in [6, 6.07) is 61.6. The molecule has 4 nitrogen and oxygen atoms in total. The molecule has 0 aliphatic carbocycles. The lowest BCUT2D eigenvalue weighted by Gasteiger charge is -2.37. The van der Waals surface area contributed by atoms with Gasteiger partial charge in [-0.1, -0.05) is 115 Å². The molecule has 0 bridgehead atoms. The van der Waals surface area contributed by atoms with E-state index in [-0.39, 0.29) is 0 Å². The van der Waals surface area contributed by atoms with E-state index >= 15 is 0 Å². The number of fused-ring (bicyclic) bond motifs is 6. The summed E-state index contributed by atoms with van der Waals surface area (Å²) in [7, 11) is -1.38. The largest absolute Gasteiger partial charge is 0.308 e. The van der Waals surface area contributed by atoms with Crippen molar-refractivity contribution >= 4 is 77.5 Å². The highest BCUT2D eigenvalue weighted by Crippen LogP contribution is 2.56. The van der Waals surface area contributed by atoms with Gasteiger partial charge >= 0.3 is 0 Å². The highest BCUT2D eigenvalue weighted by Gasteiger charge is 2.35. The molecule has 8 aromatic carbocycles. The average Bonchev–Trinajstić information content (AvgIpc) is 3.20. The van der Waals surface area contributed by atoms with Gasteiger partial charge in [0.25, 0.3) is 0 Å². The van der Waals surface area contributed by atoms with Crippen LogP contribution in [0.3, 0.4) is 0 Å². The molecule has 1 atom stereocenters. The lowest BCUT2D eigenvalue weighted by Crippen LogP contribution is -2.22. The Morgan fingerprint density at radius 3 is 2.08 bits per heavy atom. The number of nitrogens with zero attached hydrogens (tertiary/aromatic N) is 3. The molecule has 0 spiro atoms. The van der Waals surface area contributed by atoms with Gasteiger partial charge in [-0.05, 0) is 93.5 Å². The molecule has 11 rings (SSSR count). The quantitative estimate of drug-likeness (QED) is 0.186. The maximum Gasteiger partial charge on any atom is 0.138 e. The van der Waals surface area contributed by atoms with Crippen LogP contribution < -0.4 is 9.80 Å². The van der Waals surface area contributed by atoms with E-state index in [9.17, 15) is 4.21 Å². The van der Waals surface area contributed by atoms with E-state index in [2.05, 4.69) is 161 Å². The molecule has 3 heterocycles. The number of para-hydroxylation sites is 3. The molecule has 1 aromatic heterocycles. The number of aromatic nitrogens is 1. The van der Waals surface area contributed by atoms with E-state index in [0.717, 1.165) is 88.0 Å². The Hall–Kier alpha value is -6.56. The number of anilines is 6. The lowest BCUT2D eigenvalue weighted by molar-refractivity contribution is 0.682. The fourth-order valence-electron chi connectivity index (χ4n) is 8.16. The summed E-state index contributed by atoms with van der Waals surface area (Å²) >= 11 is 0. The molecule has 0 saturated carbocycles. The van der Waals surface area contributed by atoms with Crippen molar-refractivity contribution in [3.8, 4) is 22.3 Å². The van der Waals surface area contributed by atoms with Gasteiger partial charge in [0.1, 0.15) is 5.82 Å². The molecular formula is C47H29N3OS. The Morgan fingerprint density at radius 2 is 1.17 bits per heavy atom. The van der Waals surface area contributed by atoms with Crippen molar-refractivity contribution < 1.29 is 4.21 Å². The Labute approximate surface area is 303 Å². The molecule has 5 heteroatoms. The summed E-state index contributed by atoms with van der Waals surface area (Å²) in [5.41, 5.74) is 10.2. The van der Waals surface area contributed by atoms with Gasteiger partial charge in [-0.25, -0.2) is 9.19 Å². The van der Waals surface area contributed by atoms with E-state index in [0.29, 0.717) is 0 Å². The van der Waals surface area contributed by atoms with Crippen molar-refractivity contribution in [2.45, 2.75) is 9.79 Å². The molecule has 0 amide bonds. The first-order valence-electron chi connectivity index (χ1n) is 17.5. The van der Waals surface area contributed by atoms with Gasteiger partial charge in [0, 0.05) is 22.0 Å². The molecule has 0 radical (unpaired) electrons. The van der Waals surface area contributed by atoms with Gasteiger partial charge in [0.15, 0.2) is 0 Å². The number of hydrogen-bond donors (Lipinski definition) is 0. The van der Waals surface area contributed by atoms with Gasteiger partial charge in [0.2, 0.25) is 0 Å². The van der Waals surface area contributed by atoms with Crippen LogP contribution in [0.5, 0.6) is 0 Å². The molecule has 0 saturated heterocycles. The second kappa shape index (κ2) is 11.2. The maximum absolute atomic E-state index is 14.5. The van der Waals surface area contributed by atoms with Crippen LogP contribution in [-0.4, -0.2) is 9.19 Å². The van der Waals surface area contributed by atoms with Gasteiger partial charge in [-0.3, -0.25) is 4.90 Å². The van der Waals surface area contributed by atoms with Gasteiger partial charge in [-0.15, -0.1) is 0 Å². The molecule has 2 aliphatic heterocycles. The standard InChI is InChI=1S/C47H29N3OS/c51-52-44-23-9-8-21-40(44)49(34-16-2-1-3-17-34)43-29-42-38(27-45(43)52)36-19-10-14-31-15-11-22-41(47(31)36)50(42)46-28-37(35-18-6-7-20-39(35)48-46)33-25-24-30-12-4-5-13-32(30)26-33/h1-29H. The minimum Gasteiger partial charge on any atom is -0.308 e. The number of rotatable bonds is 3. The topological polar surface area (TPSA) is 36.4 Å². The molecule has 0 fully saturated rings. The predicted octanol–water partition coefficient (Wildman–Crippen LogP) is 12.6. The van der Waals surface area contributed by atoms with Gasteiger partial charge in [-0.2, -0.15) is 0 Å². The van der Waals surface area contributed by atoms with Gasteiger partial charge in [0.05, 0.1) is 48.9 Å². The second-order valence-electron chi connectivity index (χ2n) is 13.4. The van der Waals surface area contributed by atoms with Crippen LogP contribution in [-0.2, 0) is 10.8 Å². The minimum absolute atomic E-state index is 0.793. The number of hydrogen-bond acceptors (Lipinski definition) is 4. The number of pyridine rings is 1. The zero-order chi connectivity index (χ0) is 34.3. The van der Waals surface area contributed by atoms with Crippen LogP contribution in [0.15, 0.2) is 186 Å². The first kappa shape index (κ1) is 29.2. The van der Waals surface area contributed by atoms with Crippen LogP contribution in [0, 0.1) is 0 Å². The molecule has 2 aliphatic rings. The fourth-order valence-corrected chi connectivity index (χ4v) is 9.52. The first-order chi connectivity index (χ1) is 25.7. The Kier molecular flexibility index (Phi) is 6.30. The monoisotopic (exact) mass is 683 g/mol. The van der Waals surface area contributed by atoms with E-state index < -0.39 is 10.8 Å². The SMILES string of the molecule is O=S1c2ccccc2N(c2ccccc2)c2cc3c(cc21)-c1cccc2cccc(c12)N3c1cc(-c2ccc3ccccc3c2)c2ccccc2n1. The Balaban J connectivity index is 1.22. The van der Waals surface area contributed by atoms with E-state index in [4.69, 9.17) is 4.98 Å². The molecule has 52 heavy (non-hydrogen) atoms. The van der Waals surface area contributed by atoms with E-state index in [1.165, 1.54) is 10.8 Å². The lowest BCUT2D eigenvalue weighted by atomic mass is 9.90. The maximum atomic E-state index is 14.5. The second-order valence-corrected chi connectivity index (χ2v) is 14.8. The normalized spacial score (nSPS) is 14.3. The molecule has 1 unspecified atom stereocenters. The molecule has 0 N–H and O–H groups in total. The smallest absolute Gasteiger partial charge is 0.138 e. The summed E-state index contributed by atoms with van der Waals surface area (Å²) in [5.74, 6) is 0.827. The van der Waals surface area contributed by atoms with Crippen LogP contribution >= 0.6 is 0 Å². The third kappa shape index (κ3) is 4.27. The highest BCUT2D eigenvalue weighted by molar-refractivity contribution is 7.85. The van der Waals surface area contributed by atoms with Crippen molar-refractivity contribution in [2.75, 3.05) is 9.80 Å².